The van der Waals surface area contributed by atoms with E-state index in [0.717, 1.165) is 37.1 Å². The Kier molecular flexibility index (Phi) is 6.32. The number of sulfone groups is 1. The van der Waals surface area contributed by atoms with Crippen LogP contribution in [0.15, 0.2) is 65.7 Å². The fourth-order valence-corrected chi connectivity index (χ4v) is 5.05. The minimum absolute atomic E-state index is 0.0883. The summed E-state index contributed by atoms with van der Waals surface area (Å²) >= 11 is 0. The SMILES string of the molecule is CCS(=O)(=O)c1ccc(N2CCC(NC(=O)CCn3ccc4ccccc43)CC2)cc1. The van der Waals surface area contributed by atoms with Gasteiger partial charge in [0.15, 0.2) is 9.84 Å². The third kappa shape index (κ3) is 4.93. The molecule has 1 aliphatic heterocycles. The molecule has 0 saturated carbocycles. The summed E-state index contributed by atoms with van der Waals surface area (Å²) < 4.78 is 26.1. The number of anilines is 1. The lowest BCUT2D eigenvalue weighted by atomic mass is 10.0. The first-order valence-electron chi connectivity index (χ1n) is 10.9. The average Bonchev–Trinajstić information content (AvgIpc) is 3.21. The number of benzene rings is 2. The molecule has 0 spiro atoms. The molecule has 0 aliphatic carbocycles. The molecular formula is C24H29N3O3S. The molecule has 0 bridgehead atoms. The van der Waals surface area contributed by atoms with Crippen LogP contribution in [-0.2, 0) is 21.2 Å². The fourth-order valence-electron chi connectivity index (χ4n) is 4.17. The van der Waals surface area contributed by atoms with Gasteiger partial charge in [0.25, 0.3) is 0 Å². The number of carbonyl (C=O) groups is 1. The van der Waals surface area contributed by atoms with Crippen molar-refractivity contribution in [3.8, 4) is 0 Å². The monoisotopic (exact) mass is 439 g/mol. The zero-order chi connectivity index (χ0) is 21.8. The number of para-hydroxylation sites is 1. The molecule has 31 heavy (non-hydrogen) atoms. The largest absolute Gasteiger partial charge is 0.371 e. The van der Waals surface area contributed by atoms with Crippen molar-refractivity contribution >= 4 is 32.3 Å². The maximum atomic E-state index is 12.5. The van der Waals surface area contributed by atoms with Crippen LogP contribution in [0.1, 0.15) is 26.2 Å². The summed E-state index contributed by atoms with van der Waals surface area (Å²) in [7, 11) is -3.17. The number of amides is 1. The zero-order valence-corrected chi connectivity index (χ0v) is 18.6. The summed E-state index contributed by atoms with van der Waals surface area (Å²) in [6.07, 6.45) is 4.26. The predicted molar refractivity (Wildman–Crippen MR) is 124 cm³/mol. The van der Waals surface area contributed by atoms with E-state index in [9.17, 15) is 13.2 Å². The van der Waals surface area contributed by atoms with Gasteiger partial charge in [0, 0.05) is 49.5 Å². The Labute approximate surface area is 183 Å². The summed E-state index contributed by atoms with van der Waals surface area (Å²) in [6.45, 7) is 4.01. The molecule has 7 heteroatoms. The molecule has 3 aromatic rings. The second-order valence-electron chi connectivity index (χ2n) is 8.04. The molecule has 6 nitrogen and oxygen atoms in total. The number of fused-ring (bicyclic) bond motifs is 1. The highest BCUT2D eigenvalue weighted by atomic mass is 32.2. The minimum atomic E-state index is -3.17. The van der Waals surface area contributed by atoms with Crippen LogP contribution < -0.4 is 10.2 Å². The number of piperidine rings is 1. The third-order valence-corrected chi connectivity index (χ3v) is 7.81. The van der Waals surface area contributed by atoms with Crippen LogP contribution in [0.2, 0.25) is 0 Å². The molecule has 1 fully saturated rings. The van der Waals surface area contributed by atoms with E-state index >= 15 is 0 Å². The quantitative estimate of drug-likeness (QED) is 0.611. The van der Waals surface area contributed by atoms with Crippen molar-refractivity contribution in [3.05, 3.63) is 60.8 Å². The Morgan fingerprint density at radius 3 is 2.45 bits per heavy atom. The molecule has 4 rings (SSSR count). The highest BCUT2D eigenvalue weighted by Crippen LogP contribution is 2.23. The van der Waals surface area contributed by atoms with Crippen molar-refractivity contribution in [1.82, 2.24) is 9.88 Å². The van der Waals surface area contributed by atoms with E-state index < -0.39 is 9.84 Å². The van der Waals surface area contributed by atoms with Gasteiger partial charge in [-0.15, -0.1) is 0 Å². The topological polar surface area (TPSA) is 71.4 Å². The molecule has 1 saturated heterocycles. The van der Waals surface area contributed by atoms with Crippen LogP contribution in [0.3, 0.4) is 0 Å². The first-order chi connectivity index (χ1) is 15.0. The first-order valence-corrected chi connectivity index (χ1v) is 12.5. The van der Waals surface area contributed by atoms with Crippen LogP contribution in [0.25, 0.3) is 10.9 Å². The van der Waals surface area contributed by atoms with E-state index in [0.29, 0.717) is 17.9 Å². The lowest BCUT2D eigenvalue weighted by Gasteiger charge is -2.34. The molecule has 1 amide bonds. The highest BCUT2D eigenvalue weighted by Gasteiger charge is 2.21. The molecule has 1 aromatic heterocycles. The Bertz CT molecular complexity index is 1140. The number of hydrogen-bond donors (Lipinski definition) is 1. The number of nitrogens with one attached hydrogen (secondary N) is 1. The number of rotatable bonds is 7. The molecule has 2 aromatic carbocycles. The van der Waals surface area contributed by atoms with E-state index in [1.54, 1.807) is 19.1 Å². The van der Waals surface area contributed by atoms with Gasteiger partial charge in [-0.1, -0.05) is 25.1 Å². The van der Waals surface area contributed by atoms with Crippen LogP contribution in [0.4, 0.5) is 5.69 Å². The minimum Gasteiger partial charge on any atom is -0.371 e. The van der Waals surface area contributed by atoms with Crippen molar-refractivity contribution in [3.63, 3.8) is 0 Å². The van der Waals surface area contributed by atoms with E-state index in [1.807, 2.05) is 30.5 Å². The number of carbonyl (C=O) groups excluding carboxylic acids is 1. The van der Waals surface area contributed by atoms with Crippen LogP contribution in [0, 0.1) is 0 Å². The van der Waals surface area contributed by atoms with Gasteiger partial charge >= 0.3 is 0 Å². The molecule has 0 unspecified atom stereocenters. The van der Waals surface area contributed by atoms with Crippen molar-refractivity contribution < 1.29 is 13.2 Å². The Hall–Kier alpha value is -2.80. The molecule has 0 radical (unpaired) electrons. The van der Waals surface area contributed by atoms with Crippen LogP contribution in [0.5, 0.6) is 0 Å². The third-order valence-electron chi connectivity index (χ3n) is 6.06. The maximum absolute atomic E-state index is 12.5. The normalized spacial score (nSPS) is 15.3. The van der Waals surface area contributed by atoms with Gasteiger partial charge in [-0.2, -0.15) is 0 Å². The summed E-state index contributed by atoms with van der Waals surface area (Å²) in [6, 6.07) is 17.6. The van der Waals surface area contributed by atoms with Gasteiger partial charge in [0.1, 0.15) is 0 Å². The van der Waals surface area contributed by atoms with Gasteiger partial charge in [0.2, 0.25) is 5.91 Å². The molecule has 164 valence electrons. The molecule has 0 atom stereocenters. The van der Waals surface area contributed by atoms with E-state index in [2.05, 4.69) is 33.0 Å². The van der Waals surface area contributed by atoms with Gasteiger partial charge in [-0.25, -0.2) is 8.42 Å². The summed E-state index contributed by atoms with van der Waals surface area (Å²) in [5.41, 5.74) is 2.18. The lowest BCUT2D eigenvalue weighted by molar-refractivity contribution is -0.122. The smallest absolute Gasteiger partial charge is 0.222 e. The summed E-state index contributed by atoms with van der Waals surface area (Å²) in [5.74, 6) is 0.197. The number of aryl methyl sites for hydroxylation is 1. The second kappa shape index (κ2) is 9.14. The number of aromatic nitrogens is 1. The van der Waals surface area contributed by atoms with Crippen LogP contribution >= 0.6 is 0 Å². The zero-order valence-electron chi connectivity index (χ0n) is 17.8. The van der Waals surface area contributed by atoms with E-state index in [4.69, 9.17) is 0 Å². The predicted octanol–water partition coefficient (Wildman–Crippen LogP) is 3.61. The highest BCUT2D eigenvalue weighted by molar-refractivity contribution is 7.91. The summed E-state index contributed by atoms with van der Waals surface area (Å²) in [5, 5.41) is 4.37. The van der Waals surface area contributed by atoms with E-state index in [-0.39, 0.29) is 17.7 Å². The molecule has 1 N–H and O–H groups in total. The van der Waals surface area contributed by atoms with Gasteiger partial charge < -0.3 is 14.8 Å². The summed E-state index contributed by atoms with van der Waals surface area (Å²) in [4.78, 5) is 15.1. The number of hydrogen-bond acceptors (Lipinski definition) is 4. The fraction of sp³-hybridized carbons (Fsp3) is 0.375. The van der Waals surface area contributed by atoms with Crippen molar-refractivity contribution in [1.29, 1.82) is 0 Å². The second-order valence-corrected chi connectivity index (χ2v) is 10.3. The van der Waals surface area contributed by atoms with Crippen molar-refractivity contribution in [2.24, 2.45) is 0 Å². The van der Waals surface area contributed by atoms with Gasteiger partial charge in [-0.3, -0.25) is 4.79 Å². The Morgan fingerprint density at radius 1 is 1.03 bits per heavy atom. The first kappa shape index (κ1) is 21.4. The van der Waals surface area contributed by atoms with Crippen molar-refractivity contribution in [2.75, 3.05) is 23.7 Å². The van der Waals surface area contributed by atoms with Gasteiger partial charge in [0.05, 0.1) is 10.6 Å². The van der Waals surface area contributed by atoms with Crippen LogP contribution in [-0.4, -0.2) is 43.8 Å². The standard InChI is InChI=1S/C24H29N3O3S/c1-2-31(29,30)22-9-7-21(8-10-22)26-16-12-20(13-17-26)25-24(28)14-18-27-15-11-19-5-3-4-6-23(19)27/h3-11,15,20H,2,12-14,16-18H2,1H3,(H,25,28). The number of nitrogens with zero attached hydrogens (tertiary/aromatic N) is 2. The Morgan fingerprint density at radius 2 is 1.74 bits per heavy atom. The van der Waals surface area contributed by atoms with Gasteiger partial charge in [-0.05, 0) is 54.6 Å². The maximum Gasteiger partial charge on any atom is 0.222 e. The van der Waals surface area contributed by atoms with Crippen molar-refractivity contribution in [2.45, 2.75) is 43.7 Å². The lowest BCUT2D eigenvalue weighted by Crippen LogP contribution is -2.44. The average molecular weight is 440 g/mol. The molecule has 2 heterocycles. The van der Waals surface area contributed by atoms with E-state index in [1.165, 1.54) is 5.39 Å². The molecular weight excluding hydrogens is 410 g/mol. The Balaban J connectivity index is 1.25. The molecule has 1 aliphatic rings.